The Morgan fingerprint density at radius 2 is 1.91 bits per heavy atom. The van der Waals surface area contributed by atoms with E-state index in [1.54, 1.807) is 18.6 Å². The molecule has 0 aliphatic carbocycles. The summed E-state index contributed by atoms with van der Waals surface area (Å²) in [5.41, 5.74) is 5.42. The summed E-state index contributed by atoms with van der Waals surface area (Å²) in [7, 11) is 0. The van der Waals surface area contributed by atoms with Gasteiger partial charge in [0.25, 0.3) is 5.91 Å². The molecule has 0 aliphatic heterocycles. The van der Waals surface area contributed by atoms with E-state index in [-0.39, 0.29) is 5.91 Å². The maximum absolute atomic E-state index is 13.0. The number of carbonyl (C=O) groups is 1. The molecule has 0 saturated heterocycles. The van der Waals surface area contributed by atoms with Gasteiger partial charge < -0.3 is 10.6 Å². The maximum Gasteiger partial charge on any atom is 0.255 e. The molecule has 4 aromatic rings. The van der Waals surface area contributed by atoms with E-state index < -0.39 is 0 Å². The third kappa shape index (κ3) is 5.55. The largest absolute Gasteiger partial charge is 0.369 e. The highest BCUT2D eigenvalue weighted by Gasteiger charge is 2.14. The fourth-order valence-corrected chi connectivity index (χ4v) is 3.38. The molecule has 0 unspecified atom stereocenters. The van der Waals surface area contributed by atoms with Crippen molar-refractivity contribution in [3.05, 3.63) is 108 Å². The second-order valence-electron chi connectivity index (χ2n) is 7.50. The first kappa shape index (κ1) is 21.2. The highest BCUT2D eigenvalue weighted by atomic mass is 16.1. The van der Waals surface area contributed by atoms with Gasteiger partial charge in [-0.15, -0.1) is 0 Å². The molecule has 0 radical (unpaired) electrons. The van der Waals surface area contributed by atoms with Crippen molar-refractivity contribution in [2.24, 2.45) is 0 Å². The Morgan fingerprint density at radius 3 is 2.69 bits per heavy atom. The minimum Gasteiger partial charge on any atom is -0.369 e. The van der Waals surface area contributed by atoms with Crippen LogP contribution in [0.2, 0.25) is 0 Å². The standard InChI is InChI=1S/C26H25N5O/c1-19-6-4-8-21(16-19)24-11-10-23(26(32)30-18-20-7-5-13-27-17-20)25(31-24)29-15-12-22-9-2-3-14-28-22/h2-11,13-14,16-17H,12,15,18H2,1H3,(H,29,31)(H,30,32). The van der Waals surface area contributed by atoms with E-state index in [0.717, 1.165) is 34.5 Å². The number of rotatable bonds is 8. The smallest absolute Gasteiger partial charge is 0.255 e. The molecule has 0 fully saturated rings. The molecule has 6 nitrogen and oxygen atoms in total. The molecular weight excluding hydrogens is 398 g/mol. The molecule has 3 heterocycles. The predicted molar refractivity (Wildman–Crippen MR) is 126 cm³/mol. The third-order valence-electron chi connectivity index (χ3n) is 5.03. The van der Waals surface area contributed by atoms with Crippen molar-refractivity contribution in [1.82, 2.24) is 20.3 Å². The van der Waals surface area contributed by atoms with E-state index in [0.29, 0.717) is 24.5 Å². The van der Waals surface area contributed by atoms with E-state index in [1.807, 2.05) is 54.6 Å². The van der Waals surface area contributed by atoms with Crippen LogP contribution in [0.1, 0.15) is 27.2 Å². The van der Waals surface area contributed by atoms with E-state index in [1.165, 1.54) is 0 Å². The second-order valence-corrected chi connectivity index (χ2v) is 7.50. The van der Waals surface area contributed by atoms with Crippen molar-refractivity contribution in [2.75, 3.05) is 11.9 Å². The summed E-state index contributed by atoms with van der Waals surface area (Å²) in [6, 6.07) is 21.5. The number of hydrogen-bond acceptors (Lipinski definition) is 5. The van der Waals surface area contributed by atoms with Crippen LogP contribution in [-0.4, -0.2) is 27.4 Å². The molecule has 0 aliphatic rings. The van der Waals surface area contributed by atoms with Crippen molar-refractivity contribution < 1.29 is 4.79 Å². The Hall–Kier alpha value is -4.06. The van der Waals surface area contributed by atoms with Crippen LogP contribution in [0.5, 0.6) is 0 Å². The minimum absolute atomic E-state index is 0.183. The zero-order chi connectivity index (χ0) is 22.2. The molecule has 2 N–H and O–H groups in total. The summed E-state index contributed by atoms with van der Waals surface area (Å²) >= 11 is 0. The predicted octanol–water partition coefficient (Wildman–Crippen LogP) is 4.43. The van der Waals surface area contributed by atoms with Gasteiger partial charge in [-0.05, 0) is 48.9 Å². The normalized spacial score (nSPS) is 10.5. The van der Waals surface area contributed by atoms with Gasteiger partial charge in [-0.1, -0.05) is 35.9 Å². The summed E-state index contributed by atoms with van der Waals surface area (Å²) < 4.78 is 0. The molecule has 0 spiro atoms. The number of amides is 1. The molecule has 1 aromatic carbocycles. The van der Waals surface area contributed by atoms with Gasteiger partial charge in [0.1, 0.15) is 5.82 Å². The number of hydrogen-bond donors (Lipinski definition) is 2. The van der Waals surface area contributed by atoms with Gasteiger partial charge in [0, 0.05) is 49.4 Å². The number of benzene rings is 1. The lowest BCUT2D eigenvalue weighted by atomic mass is 10.1. The first-order chi connectivity index (χ1) is 15.7. The minimum atomic E-state index is -0.183. The fraction of sp³-hybridized carbons (Fsp3) is 0.154. The number of aryl methyl sites for hydroxylation is 1. The molecule has 1 amide bonds. The SMILES string of the molecule is Cc1cccc(-c2ccc(C(=O)NCc3cccnc3)c(NCCc3ccccn3)n2)c1. The Morgan fingerprint density at radius 1 is 0.969 bits per heavy atom. The lowest BCUT2D eigenvalue weighted by Gasteiger charge is -2.13. The summed E-state index contributed by atoms with van der Waals surface area (Å²) in [5.74, 6) is 0.376. The van der Waals surface area contributed by atoms with Gasteiger partial charge in [0.2, 0.25) is 0 Å². The van der Waals surface area contributed by atoms with Crippen LogP contribution in [0, 0.1) is 6.92 Å². The number of nitrogens with one attached hydrogen (secondary N) is 2. The van der Waals surface area contributed by atoms with Gasteiger partial charge in [-0.25, -0.2) is 4.98 Å². The van der Waals surface area contributed by atoms with Crippen molar-refractivity contribution >= 4 is 11.7 Å². The molecule has 32 heavy (non-hydrogen) atoms. The number of anilines is 1. The number of aromatic nitrogens is 3. The van der Waals surface area contributed by atoms with Crippen LogP contribution >= 0.6 is 0 Å². The molecule has 160 valence electrons. The van der Waals surface area contributed by atoms with Crippen LogP contribution in [0.25, 0.3) is 11.3 Å². The van der Waals surface area contributed by atoms with Crippen LogP contribution in [0.3, 0.4) is 0 Å². The quantitative estimate of drug-likeness (QED) is 0.438. The fourth-order valence-electron chi connectivity index (χ4n) is 3.38. The van der Waals surface area contributed by atoms with Gasteiger partial charge in [0.15, 0.2) is 0 Å². The third-order valence-corrected chi connectivity index (χ3v) is 5.03. The zero-order valence-electron chi connectivity index (χ0n) is 18.0. The Balaban J connectivity index is 1.55. The van der Waals surface area contributed by atoms with E-state index in [2.05, 4.69) is 39.7 Å². The summed E-state index contributed by atoms with van der Waals surface area (Å²) in [6.45, 7) is 3.07. The molecular formula is C26H25N5O. The van der Waals surface area contributed by atoms with Crippen LogP contribution in [0.4, 0.5) is 5.82 Å². The lowest BCUT2D eigenvalue weighted by Crippen LogP contribution is -2.25. The molecule has 3 aromatic heterocycles. The molecule has 4 rings (SSSR count). The van der Waals surface area contributed by atoms with Gasteiger partial charge in [-0.2, -0.15) is 0 Å². The van der Waals surface area contributed by atoms with Gasteiger partial charge >= 0.3 is 0 Å². The van der Waals surface area contributed by atoms with Crippen molar-refractivity contribution in [1.29, 1.82) is 0 Å². The summed E-state index contributed by atoms with van der Waals surface area (Å²) in [4.78, 5) is 26.2. The zero-order valence-corrected chi connectivity index (χ0v) is 18.0. The maximum atomic E-state index is 13.0. The van der Waals surface area contributed by atoms with Gasteiger partial charge in [-0.3, -0.25) is 14.8 Å². The molecule has 6 heteroatoms. The first-order valence-corrected chi connectivity index (χ1v) is 10.6. The van der Waals surface area contributed by atoms with Crippen molar-refractivity contribution in [2.45, 2.75) is 19.9 Å². The molecule has 0 saturated carbocycles. The summed E-state index contributed by atoms with van der Waals surface area (Å²) in [6.07, 6.45) is 5.96. The summed E-state index contributed by atoms with van der Waals surface area (Å²) in [5, 5.41) is 6.30. The van der Waals surface area contributed by atoms with Gasteiger partial charge in [0.05, 0.1) is 11.3 Å². The highest BCUT2D eigenvalue weighted by molar-refractivity contribution is 5.99. The average Bonchev–Trinajstić information content (AvgIpc) is 2.84. The Labute approximate surface area is 187 Å². The van der Waals surface area contributed by atoms with E-state index in [9.17, 15) is 4.79 Å². The van der Waals surface area contributed by atoms with E-state index >= 15 is 0 Å². The highest BCUT2D eigenvalue weighted by Crippen LogP contribution is 2.23. The number of carbonyl (C=O) groups excluding carboxylic acids is 1. The number of nitrogens with zero attached hydrogens (tertiary/aromatic N) is 3. The second kappa shape index (κ2) is 10.3. The van der Waals surface area contributed by atoms with E-state index in [4.69, 9.17) is 4.98 Å². The Bertz CT molecular complexity index is 1180. The molecule has 0 atom stereocenters. The van der Waals surface area contributed by atoms with Crippen molar-refractivity contribution in [3.8, 4) is 11.3 Å². The average molecular weight is 424 g/mol. The molecule has 0 bridgehead atoms. The first-order valence-electron chi connectivity index (χ1n) is 10.6. The van der Waals surface area contributed by atoms with Crippen molar-refractivity contribution in [3.63, 3.8) is 0 Å². The van der Waals surface area contributed by atoms with Crippen LogP contribution in [-0.2, 0) is 13.0 Å². The monoisotopic (exact) mass is 423 g/mol. The number of pyridine rings is 3. The van der Waals surface area contributed by atoms with Crippen LogP contribution in [0.15, 0.2) is 85.3 Å². The lowest BCUT2D eigenvalue weighted by molar-refractivity contribution is 0.0951. The van der Waals surface area contributed by atoms with Crippen LogP contribution < -0.4 is 10.6 Å². The Kier molecular flexibility index (Phi) is 6.82. The topological polar surface area (TPSA) is 79.8 Å².